The Morgan fingerprint density at radius 3 is 2.05 bits per heavy atom. The molecular formula is C16H35N3. The first-order valence-corrected chi connectivity index (χ1v) is 7.89. The lowest BCUT2D eigenvalue weighted by molar-refractivity contribution is 0.210. The summed E-state index contributed by atoms with van der Waals surface area (Å²) >= 11 is 0. The normalized spacial score (nSPS) is 12.4. The van der Waals surface area contributed by atoms with Gasteiger partial charge in [0.25, 0.3) is 0 Å². The minimum atomic E-state index is -0.134. The number of nitrogens with zero attached hydrogens (tertiary/aromatic N) is 1. The molecule has 0 heterocycles. The van der Waals surface area contributed by atoms with E-state index in [0.717, 1.165) is 12.8 Å². The quantitative estimate of drug-likeness (QED) is 0.338. The Hall–Kier alpha value is -0.570. The van der Waals surface area contributed by atoms with E-state index in [4.69, 9.17) is 11.1 Å². The van der Waals surface area contributed by atoms with Crippen molar-refractivity contribution in [2.45, 2.75) is 79.2 Å². The largest absolute Gasteiger partial charge is 0.387 e. The molecule has 0 aliphatic heterocycles. The molecule has 0 aromatic carbocycles. The van der Waals surface area contributed by atoms with E-state index < -0.39 is 0 Å². The van der Waals surface area contributed by atoms with Crippen LogP contribution in [0, 0.1) is 10.8 Å². The lowest BCUT2D eigenvalue weighted by Crippen LogP contribution is -2.33. The molecule has 3 heteroatoms. The summed E-state index contributed by atoms with van der Waals surface area (Å²) in [7, 11) is 0. The van der Waals surface area contributed by atoms with E-state index in [1.54, 1.807) is 0 Å². The minimum Gasteiger partial charge on any atom is -0.387 e. The molecule has 0 rings (SSSR count). The van der Waals surface area contributed by atoms with Crippen molar-refractivity contribution in [3.05, 3.63) is 0 Å². The highest BCUT2D eigenvalue weighted by Crippen LogP contribution is 2.22. The number of hydrogen-bond acceptors (Lipinski definition) is 2. The zero-order chi connectivity index (χ0) is 14.9. The number of rotatable bonds is 11. The topological polar surface area (TPSA) is 53.1 Å². The summed E-state index contributed by atoms with van der Waals surface area (Å²) in [6, 6.07) is 0.637. The van der Waals surface area contributed by atoms with Gasteiger partial charge in [-0.2, -0.15) is 0 Å². The summed E-state index contributed by atoms with van der Waals surface area (Å²) in [5.41, 5.74) is 5.48. The van der Waals surface area contributed by atoms with E-state index in [0.29, 0.717) is 11.9 Å². The van der Waals surface area contributed by atoms with E-state index in [-0.39, 0.29) is 5.41 Å². The molecule has 3 N–H and O–H groups in total. The Morgan fingerprint density at radius 1 is 1.11 bits per heavy atom. The summed E-state index contributed by atoms with van der Waals surface area (Å²) in [6.07, 6.45) is 7.32. The van der Waals surface area contributed by atoms with Gasteiger partial charge >= 0.3 is 0 Å². The number of hydrogen-bond donors (Lipinski definition) is 2. The van der Waals surface area contributed by atoms with Crippen LogP contribution in [-0.4, -0.2) is 29.9 Å². The van der Waals surface area contributed by atoms with Gasteiger partial charge < -0.3 is 10.6 Å². The molecule has 0 aliphatic rings. The SMILES string of the molecule is CCCCCN(CCCCC(C)(C)C(=N)N)C(C)C. The Kier molecular flexibility index (Phi) is 9.07. The molecule has 0 spiro atoms. The first kappa shape index (κ1) is 18.4. The van der Waals surface area contributed by atoms with Crippen LogP contribution in [0.5, 0.6) is 0 Å². The molecule has 0 atom stereocenters. The number of nitrogens with one attached hydrogen (secondary N) is 1. The fourth-order valence-electron chi connectivity index (χ4n) is 2.21. The van der Waals surface area contributed by atoms with Gasteiger partial charge in [0.15, 0.2) is 0 Å². The molecule has 0 unspecified atom stereocenters. The number of nitrogens with two attached hydrogens (primary N) is 1. The van der Waals surface area contributed by atoms with Crippen molar-refractivity contribution < 1.29 is 0 Å². The Labute approximate surface area is 120 Å². The van der Waals surface area contributed by atoms with Crippen LogP contribution in [0.2, 0.25) is 0 Å². The Balaban J connectivity index is 3.90. The van der Waals surface area contributed by atoms with Crippen molar-refractivity contribution in [1.29, 1.82) is 5.41 Å². The lowest BCUT2D eigenvalue weighted by Gasteiger charge is -2.27. The molecule has 19 heavy (non-hydrogen) atoms. The van der Waals surface area contributed by atoms with Gasteiger partial charge in [-0.05, 0) is 46.2 Å². The van der Waals surface area contributed by atoms with Gasteiger partial charge in [-0.1, -0.05) is 40.0 Å². The predicted octanol–water partition coefficient (Wildman–Crippen LogP) is 4.02. The zero-order valence-electron chi connectivity index (χ0n) is 13.8. The van der Waals surface area contributed by atoms with Crippen LogP contribution >= 0.6 is 0 Å². The minimum absolute atomic E-state index is 0.134. The monoisotopic (exact) mass is 269 g/mol. The van der Waals surface area contributed by atoms with E-state index >= 15 is 0 Å². The second-order valence-electron chi connectivity index (χ2n) is 6.59. The summed E-state index contributed by atoms with van der Waals surface area (Å²) in [4.78, 5) is 2.58. The second-order valence-corrected chi connectivity index (χ2v) is 6.59. The molecule has 0 fully saturated rings. The first-order valence-electron chi connectivity index (χ1n) is 7.89. The summed E-state index contributed by atoms with van der Waals surface area (Å²) in [5.74, 6) is 0.316. The lowest BCUT2D eigenvalue weighted by atomic mass is 9.86. The van der Waals surface area contributed by atoms with Crippen molar-refractivity contribution in [1.82, 2.24) is 4.90 Å². The average Bonchev–Trinajstić information content (AvgIpc) is 2.31. The molecule has 0 aliphatic carbocycles. The van der Waals surface area contributed by atoms with Gasteiger partial charge in [-0.15, -0.1) is 0 Å². The predicted molar refractivity (Wildman–Crippen MR) is 85.8 cm³/mol. The molecule has 0 aromatic heterocycles. The highest BCUT2D eigenvalue weighted by atomic mass is 15.1. The van der Waals surface area contributed by atoms with E-state index in [1.165, 1.54) is 38.8 Å². The maximum atomic E-state index is 7.56. The average molecular weight is 269 g/mol. The zero-order valence-corrected chi connectivity index (χ0v) is 13.8. The second kappa shape index (κ2) is 9.35. The van der Waals surface area contributed by atoms with Crippen LogP contribution in [0.4, 0.5) is 0 Å². The first-order chi connectivity index (χ1) is 8.81. The third-order valence-corrected chi connectivity index (χ3v) is 4.01. The van der Waals surface area contributed by atoms with Gasteiger partial charge in [0.1, 0.15) is 0 Å². The maximum Gasteiger partial charge on any atom is 0.0963 e. The Bertz CT molecular complexity index is 246. The van der Waals surface area contributed by atoms with Crippen LogP contribution < -0.4 is 5.73 Å². The van der Waals surface area contributed by atoms with Crippen molar-refractivity contribution in [2.75, 3.05) is 13.1 Å². The van der Waals surface area contributed by atoms with Crippen LogP contribution in [0.3, 0.4) is 0 Å². The highest BCUT2D eigenvalue weighted by Gasteiger charge is 2.20. The smallest absolute Gasteiger partial charge is 0.0963 e. The summed E-state index contributed by atoms with van der Waals surface area (Å²) in [6.45, 7) is 13.4. The highest BCUT2D eigenvalue weighted by molar-refractivity contribution is 5.82. The van der Waals surface area contributed by atoms with E-state index in [1.807, 2.05) is 0 Å². The van der Waals surface area contributed by atoms with Crippen molar-refractivity contribution in [3.8, 4) is 0 Å². The molecular weight excluding hydrogens is 234 g/mol. The van der Waals surface area contributed by atoms with Gasteiger partial charge in [0.2, 0.25) is 0 Å². The summed E-state index contributed by atoms with van der Waals surface area (Å²) < 4.78 is 0. The fourth-order valence-corrected chi connectivity index (χ4v) is 2.21. The number of amidine groups is 1. The molecule has 114 valence electrons. The van der Waals surface area contributed by atoms with Crippen LogP contribution in [0.15, 0.2) is 0 Å². The standard InChI is InChI=1S/C16H35N3/c1-6-7-9-12-19(14(2)3)13-10-8-11-16(4,5)15(17)18/h14H,6-13H2,1-5H3,(H3,17,18). The third-order valence-electron chi connectivity index (χ3n) is 4.01. The van der Waals surface area contributed by atoms with Gasteiger partial charge in [0, 0.05) is 11.5 Å². The molecule has 0 bridgehead atoms. The van der Waals surface area contributed by atoms with E-state index in [2.05, 4.69) is 39.5 Å². The molecule has 0 amide bonds. The molecule has 3 nitrogen and oxygen atoms in total. The van der Waals surface area contributed by atoms with Crippen molar-refractivity contribution >= 4 is 5.84 Å². The maximum absolute atomic E-state index is 7.56. The number of unbranched alkanes of at least 4 members (excludes halogenated alkanes) is 3. The molecule has 0 saturated heterocycles. The summed E-state index contributed by atoms with van der Waals surface area (Å²) in [5, 5.41) is 7.56. The molecule has 0 aromatic rings. The van der Waals surface area contributed by atoms with Gasteiger partial charge in [-0.25, -0.2) is 0 Å². The van der Waals surface area contributed by atoms with Gasteiger partial charge in [-0.3, -0.25) is 5.41 Å². The fraction of sp³-hybridized carbons (Fsp3) is 0.938. The molecule has 0 radical (unpaired) electrons. The van der Waals surface area contributed by atoms with Crippen LogP contribution in [0.25, 0.3) is 0 Å². The van der Waals surface area contributed by atoms with Crippen molar-refractivity contribution in [2.24, 2.45) is 11.1 Å². The van der Waals surface area contributed by atoms with E-state index in [9.17, 15) is 0 Å². The van der Waals surface area contributed by atoms with Crippen molar-refractivity contribution in [3.63, 3.8) is 0 Å². The van der Waals surface area contributed by atoms with Gasteiger partial charge in [0.05, 0.1) is 5.84 Å². The van der Waals surface area contributed by atoms with Crippen LogP contribution in [0.1, 0.15) is 73.1 Å². The third kappa shape index (κ3) is 8.25. The Morgan fingerprint density at radius 2 is 1.63 bits per heavy atom. The molecule has 0 saturated carbocycles. The van der Waals surface area contributed by atoms with Crippen LogP contribution in [-0.2, 0) is 0 Å².